The van der Waals surface area contributed by atoms with Crippen LogP contribution >= 0.6 is 0 Å². The summed E-state index contributed by atoms with van der Waals surface area (Å²) in [6.07, 6.45) is 6.23. The van der Waals surface area contributed by atoms with Gasteiger partial charge in [0.05, 0.1) is 11.9 Å². The Balaban J connectivity index is 1.39. The van der Waals surface area contributed by atoms with E-state index in [0.29, 0.717) is 6.54 Å². The van der Waals surface area contributed by atoms with Crippen molar-refractivity contribution in [3.8, 4) is 11.3 Å². The molecule has 2 heterocycles. The number of hydrogen-bond acceptors (Lipinski definition) is 4. The molecule has 0 unspecified atom stereocenters. The maximum absolute atomic E-state index is 12.1. The van der Waals surface area contributed by atoms with Gasteiger partial charge in [-0.25, -0.2) is 14.8 Å². The second kappa shape index (κ2) is 8.43. The molecule has 146 valence electrons. The van der Waals surface area contributed by atoms with Gasteiger partial charge < -0.3 is 16.0 Å². The van der Waals surface area contributed by atoms with Crippen LogP contribution in [0.5, 0.6) is 0 Å². The quantitative estimate of drug-likeness (QED) is 0.471. The Bertz CT molecular complexity index is 1110. The van der Waals surface area contributed by atoms with E-state index in [4.69, 9.17) is 0 Å². The van der Waals surface area contributed by atoms with E-state index in [1.165, 1.54) is 5.56 Å². The third kappa shape index (κ3) is 4.19. The molecule has 0 saturated carbocycles. The summed E-state index contributed by atoms with van der Waals surface area (Å²) in [6, 6.07) is 17.5. The summed E-state index contributed by atoms with van der Waals surface area (Å²) in [6.45, 7) is 0.581. The number of nitrogens with zero attached hydrogens (tertiary/aromatic N) is 3. The molecular formula is C22H22N6O. The summed E-state index contributed by atoms with van der Waals surface area (Å²) < 4.78 is 1.98. The molecule has 2 aromatic heterocycles. The van der Waals surface area contributed by atoms with Crippen LogP contribution in [0.15, 0.2) is 73.2 Å². The number of anilines is 2. The molecule has 29 heavy (non-hydrogen) atoms. The minimum Gasteiger partial charge on any atom is -0.370 e. The maximum Gasteiger partial charge on any atom is 0.319 e. The van der Waals surface area contributed by atoms with Crippen molar-refractivity contribution >= 4 is 23.2 Å². The Kier molecular flexibility index (Phi) is 5.38. The van der Waals surface area contributed by atoms with E-state index < -0.39 is 0 Å². The predicted octanol–water partition coefficient (Wildman–Crippen LogP) is 3.80. The molecule has 0 bridgehead atoms. The number of benzene rings is 2. The highest BCUT2D eigenvalue weighted by molar-refractivity contribution is 5.89. The second-order valence-electron chi connectivity index (χ2n) is 6.56. The van der Waals surface area contributed by atoms with Crippen molar-refractivity contribution in [1.29, 1.82) is 0 Å². The number of rotatable bonds is 6. The molecule has 0 aliphatic heterocycles. The number of fused-ring (bicyclic) bond motifs is 1. The van der Waals surface area contributed by atoms with Crippen LogP contribution in [0.2, 0.25) is 0 Å². The number of hydrogen-bond donors (Lipinski definition) is 3. The summed E-state index contributed by atoms with van der Waals surface area (Å²) in [5.41, 5.74) is 4.66. The van der Waals surface area contributed by atoms with Crippen molar-refractivity contribution in [2.24, 2.45) is 0 Å². The van der Waals surface area contributed by atoms with Crippen LogP contribution in [-0.4, -0.2) is 34.0 Å². The number of carbonyl (C=O) groups is 1. The van der Waals surface area contributed by atoms with Gasteiger partial charge in [0.25, 0.3) is 0 Å². The Morgan fingerprint density at radius 2 is 1.83 bits per heavy atom. The van der Waals surface area contributed by atoms with E-state index in [1.807, 2.05) is 78.4 Å². The standard InChI is InChI=1S/C22H22N6O/c1-23-20-21-26-15-19(28(21)14-13-24-20)17-7-9-18(10-8-17)27-22(29)25-12-11-16-5-3-2-4-6-16/h2-10,13-15H,11-12H2,1H3,(H,23,24)(H2,25,27,29). The van der Waals surface area contributed by atoms with E-state index in [9.17, 15) is 4.79 Å². The third-order valence-corrected chi connectivity index (χ3v) is 4.65. The Morgan fingerprint density at radius 3 is 2.59 bits per heavy atom. The van der Waals surface area contributed by atoms with Crippen molar-refractivity contribution < 1.29 is 4.79 Å². The number of imidazole rings is 1. The van der Waals surface area contributed by atoms with Crippen molar-refractivity contribution in [2.75, 3.05) is 24.2 Å². The number of carbonyl (C=O) groups excluding carboxylic acids is 1. The molecule has 0 radical (unpaired) electrons. The molecule has 7 nitrogen and oxygen atoms in total. The molecule has 0 aliphatic rings. The first-order valence-corrected chi connectivity index (χ1v) is 9.43. The number of amides is 2. The number of nitrogens with one attached hydrogen (secondary N) is 3. The third-order valence-electron chi connectivity index (χ3n) is 4.65. The van der Waals surface area contributed by atoms with Crippen molar-refractivity contribution in [3.63, 3.8) is 0 Å². The molecule has 2 amide bonds. The van der Waals surface area contributed by atoms with Gasteiger partial charge in [0.2, 0.25) is 0 Å². The van der Waals surface area contributed by atoms with Gasteiger partial charge in [0.1, 0.15) is 0 Å². The zero-order chi connectivity index (χ0) is 20.1. The molecule has 0 aliphatic carbocycles. The lowest BCUT2D eigenvalue weighted by Crippen LogP contribution is -2.30. The van der Waals surface area contributed by atoms with E-state index in [2.05, 4.69) is 25.9 Å². The van der Waals surface area contributed by atoms with Crippen molar-refractivity contribution in [2.45, 2.75) is 6.42 Å². The number of urea groups is 1. The highest BCUT2D eigenvalue weighted by Crippen LogP contribution is 2.24. The van der Waals surface area contributed by atoms with E-state index in [1.54, 1.807) is 6.20 Å². The van der Waals surface area contributed by atoms with Crippen LogP contribution in [0.4, 0.5) is 16.3 Å². The first-order chi connectivity index (χ1) is 14.2. The van der Waals surface area contributed by atoms with Crippen LogP contribution in [0.3, 0.4) is 0 Å². The van der Waals surface area contributed by atoms with Crippen LogP contribution < -0.4 is 16.0 Å². The average molecular weight is 386 g/mol. The lowest BCUT2D eigenvalue weighted by Gasteiger charge is -2.09. The molecular weight excluding hydrogens is 364 g/mol. The topological polar surface area (TPSA) is 83.3 Å². The Labute approximate surface area is 168 Å². The van der Waals surface area contributed by atoms with Crippen LogP contribution in [0.1, 0.15) is 5.56 Å². The molecule has 0 atom stereocenters. The van der Waals surface area contributed by atoms with E-state index in [-0.39, 0.29) is 6.03 Å². The summed E-state index contributed by atoms with van der Waals surface area (Å²) in [5.74, 6) is 0.726. The highest BCUT2D eigenvalue weighted by Gasteiger charge is 2.09. The van der Waals surface area contributed by atoms with Crippen molar-refractivity contribution in [3.05, 3.63) is 78.8 Å². The molecule has 4 aromatic rings. The zero-order valence-corrected chi connectivity index (χ0v) is 16.1. The summed E-state index contributed by atoms with van der Waals surface area (Å²) in [7, 11) is 1.82. The lowest BCUT2D eigenvalue weighted by molar-refractivity contribution is 0.252. The fourth-order valence-corrected chi connectivity index (χ4v) is 3.17. The number of aromatic nitrogens is 3. The first-order valence-electron chi connectivity index (χ1n) is 9.43. The summed E-state index contributed by atoms with van der Waals surface area (Å²) in [5, 5.41) is 8.79. The van der Waals surface area contributed by atoms with Gasteiger partial charge in [-0.1, -0.05) is 42.5 Å². The fourth-order valence-electron chi connectivity index (χ4n) is 3.17. The smallest absolute Gasteiger partial charge is 0.319 e. The monoisotopic (exact) mass is 386 g/mol. The molecule has 0 spiro atoms. The first kappa shape index (κ1) is 18.5. The fraction of sp³-hybridized carbons (Fsp3) is 0.136. The van der Waals surface area contributed by atoms with Gasteiger partial charge in [-0.3, -0.25) is 4.40 Å². The zero-order valence-electron chi connectivity index (χ0n) is 16.1. The summed E-state index contributed by atoms with van der Waals surface area (Å²) >= 11 is 0. The molecule has 0 saturated heterocycles. The molecule has 0 fully saturated rings. The highest BCUT2D eigenvalue weighted by atomic mass is 16.2. The van der Waals surface area contributed by atoms with Gasteiger partial charge >= 0.3 is 6.03 Å². The van der Waals surface area contributed by atoms with E-state index in [0.717, 1.165) is 34.8 Å². The maximum atomic E-state index is 12.1. The molecule has 7 heteroatoms. The lowest BCUT2D eigenvalue weighted by atomic mass is 10.1. The van der Waals surface area contributed by atoms with Crippen LogP contribution in [0, 0.1) is 0 Å². The van der Waals surface area contributed by atoms with Crippen LogP contribution in [0.25, 0.3) is 16.9 Å². The predicted molar refractivity (Wildman–Crippen MR) is 115 cm³/mol. The minimum absolute atomic E-state index is 0.215. The molecule has 2 aromatic carbocycles. The SMILES string of the molecule is CNc1nccn2c(-c3ccc(NC(=O)NCCc4ccccc4)cc3)cnc12. The van der Waals surface area contributed by atoms with Gasteiger partial charge in [0, 0.05) is 37.2 Å². The van der Waals surface area contributed by atoms with E-state index >= 15 is 0 Å². The Hall–Kier alpha value is -3.87. The molecule has 4 rings (SSSR count). The van der Waals surface area contributed by atoms with Gasteiger partial charge in [-0.2, -0.15) is 0 Å². The summed E-state index contributed by atoms with van der Waals surface area (Å²) in [4.78, 5) is 20.8. The van der Waals surface area contributed by atoms with Gasteiger partial charge in [-0.05, 0) is 24.1 Å². The second-order valence-corrected chi connectivity index (χ2v) is 6.56. The normalized spacial score (nSPS) is 10.7. The molecule has 3 N–H and O–H groups in total. The van der Waals surface area contributed by atoms with Gasteiger partial charge in [0.15, 0.2) is 11.5 Å². The minimum atomic E-state index is -0.215. The average Bonchev–Trinajstić information content (AvgIpc) is 3.19. The van der Waals surface area contributed by atoms with Crippen molar-refractivity contribution in [1.82, 2.24) is 19.7 Å². The van der Waals surface area contributed by atoms with Gasteiger partial charge in [-0.15, -0.1) is 0 Å². The largest absolute Gasteiger partial charge is 0.370 e. The Morgan fingerprint density at radius 1 is 1.03 bits per heavy atom. The van der Waals surface area contributed by atoms with Crippen LogP contribution in [-0.2, 0) is 6.42 Å².